The zero-order valence-corrected chi connectivity index (χ0v) is 46.7. The van der Waals surface area contributed by atoms with E-state index in [-0.39, 0.29) is 22.8 Å². The molecule has 474 valence electrons. The minimum atomic E-state index is -2.11. The minimum Gasteiger partial charge on any atom is -0.508 e. The third kappa shape index (κ3) is 14.5. The van der Waals surface area contributed by atoms with E-state index in [0.29, 0.717) is 11.1 Å². The monoisotopic (exact) mass is 1240 g/mol. The summed E-state index contributed by atoms with van der Waals surface area (Å²) >= 11 is 0. The molecule has 29 nitrogen and oxygen atoms in total. The summed E-state index contributed by atoms with van der Waals surface area (Å²) in [5, 5.41) is 140. The molecule has 4 fully saturated rings. The lowest BCUT2D eigenvalue weighted by atomic mass is 9.96. The van der Waals surface area contributed by atoms with Gasteiger partial charge in [-0.3, -0.25) is 9.59 Å². The molecule has 4 aliphatic rings. The van der Waals surface area contributed by atoms with Crippen LogP contribution >= 0.6 is 0 Å². The van der Waals surface area contributed by atoms with Gasteiger partial charge in [-0.25, -0.2) is 9.59 Å². The summed E-state index contributed by atoms with van der Waals surface area (Å²) in [7, 11) is 0. The number of benzene rings is 4. The second-order valence-electron chi connectivity index (χ2n) is 21.0. The quantitative estimate of drug-likeness (QED) is 0.0297. The molecular weight excluding hydrogens is 1170 g/mol. The molecule has 0 spiro atoms. The second-order valence-corrected chi connectivity index (χ2v) is 21.0. The highest BCUT2D eigenvalue weighted by Gasteiger charge is 2.55. The van der Waals surface area contributed by atoms with Crippen molar-refractivity contribution in [3.8, 4) is 45.8 Å². The van der Waals surface area contributed by atoms with Gasteiger partial charge in [-0.15, -0.1) is 0 Å². The molecular formula is C59H64O29. The zero-order chi connectivity index (χ0) is 63.4. The van der Waals surface area contributed by atoms with Crippen LogP contribution < -0.4 is 14.9 Å². The van der Waals surface area contributed by atoms with Gasteiger partial charge < -0.3 is 123 Å². The average molecular weight is 1240 g/mol. The van der Waals surface area contributed by atoms with Gasteiger partial charge in [-0.05, 0) is 85.7 Å². The maximum atomic E-state index is 15.1. The SMILES string of the molecule is CC(=O)OC[C@H]1O[C@@H](O[C@H]2[C@H](O)[C@@H](CO)O[C@@H](Oc3cc(O)c4c(=O)c(O[C@@H]5O[C@@H](C)[C@H](O)[C@@H](OC(=O)/C=C/c6ccc(O)cc6)[C@H]5OC(=O)/C=C/c5ccc(O)cc5)c(-c5ccc(O)cc5)oc4c3)[C@@H]2O[C@@H]2O[C@@H](C)[C@H](O)[C@@H](O)[C@H]2O)[C@H](O)[C@@H](O)[C@@H]1O. The number of fused-ring (bicyclic) bond motifs is 1. The van der Waals surface area contributed by atoms with Crippen LogP contribution in [0.1, 0.15) is 31.9 Å². The van der Waals surface area contributed by atoms with Crippen molar-refractivity contribution in [2.24, 2.45) is 0 Å². The van der Waals surface area contributed by atoms with Crippen molar-refractivity contribution in [1.82, 2.24) is 0 Å². The van der Waals surface area contributed by atoms with E-state index in [1.807, 2.05) is 0 Å². The first-order chi connectivity index (χ1) is 41.9. The van der Waals surface area contributed by atoms with E-state index in [0.717, 1.165) is 31.2 Å². The summed E-state index contributed by atoms with van der Waals surface area (Å²) in [5.41, 5.74) is -0.757. The Kier molecular flexibility index (Phi) is 20.3. The summed E-state index contributed by atoms with van der Waals surface area (Å²) in [6.07, 6.45) is -32.2. The average Bonchev–Trinajstić information content (AvgIpc) is 0.856. The molecule has 29 heteroatoms. The molecule has 13 N–H and O–H groups in total. The molecule has 0 unspecified atom stereocenters. The molecule has 5 aromatic rings. The third-order valence-electron chi connectivity index (χ3n) is 14.7. The molecule has 0 amide bonds. The molecule has 5 heterocycles. The van der Waals surface area contributed by atoms with Gasteiger partial charge >= 0.3 is 17.9 Å². The predicted molar refractivity (Wildman–Crippen MR) is 294 cm³/mol. The van der Waals surface area contributed by atoms with Crippen molar-refractivity contribution < 1.29 is 137 Å². The van der Waals surface area contributed by atoms with Gasteiger partial charge in [0, 0.05) is 36.8 Å². The van der Waals surface area contributed by atoms with Crippen molar-refractivity contribution in [2.75, 3.05) is 13.2 Å². The largest absolute Gasteiger partial charge is 0.508 e. The number of rotatable bonds is 18. The van der Waals surface area contributed by atoms with Crippen molar-refractivity contribution in [2.45, 2.75) is 144 Å². The molecule has 20 atom stereocenters. The molecule has 88 heavy (non-hydrogen) atoms. The van der Waals surface area contributed by atoms with Gasteiger partial charge in [0.05, 0.1) is 18.8 Å². The summed E-state index contributed by atoms with van der Waals surface area (Å²) in [6.45, 7) is 2.05. The highest BCUT2D eigenvalue weighted by Crippen LogP contribution is 2.41. The Labute approximate surface area is 498 Å². The highest BCUT2D eigenvalue weighted by atomic mass is 16.8. The van der Waals surface area contributed by atoms with E-state index >= 15 is 4.79 Å². The van der Waals surface area contributed by atoms with Gasteiger partial charge in [0.2, 0.25) is 29.9 Å². The predicted octanol–water partition coefficient (Wildman–Crippen LogP) is -0.557. The number of phenolic OH excluding ortho intramolecular Hbond substituents is 4. The number of aliphatic hydroxyl groups is 9. The first kappa shape index (κ1) is 64.6. The molecule has 0 saturated carbocycles. The lowest BCUT2D eigenvalue weighted by molar-refractivity contribution is -0.383. The zero-order valence-electron chi connectivity index (χ0n) is 46.7. The maximum Gasteiger partial charge on any atom is 0.331 e. The number of esters is 3. The van der Waals surface area contributed by atoms with Crippen LogP contribution in [0.15, 0.2) is 106 Å². The highest BCUT2D eigenvalue weighted by molar-refractivity contribution is 5.89. The second kappa shape index (κ2) is 27.7. The van der Waals surface area contributed by atoms with Crippen LogP contribution in [-0.4, -0.2) is 220 Å². The van der Waals surface area contributed by atoms with E-state index < -0.39 is 193 Å². The summed E-state index contributed by atoms with van der Waals surface area (Å²) in [6, 6.07) is 18.3. The topological polar surface area (TPSA) is 446 Å². The molecule has 0 bridgehead atoms. The molecule has 4 saturated heterocycles. The lowest BCUT2D eigenvalue weighted by Crippen LogP contribution is -2.67. The number of aliphatic hydroxyl groups excluding tert-OH is 9. The maximum absolute atomic E-state index is 15.1. The molecule has 9 rings (SSSR count). The van der Waals surface area contributed by atoms with Crippen LogP contribution in [-0.2, 0) is 57.0 Å². The molecule has 0 aliphatic carbocycles. The Hall–Kier alpha value is -7.82. The Balaban J connectivity index is 1.09. The number of hydrogen-bond acceptors (Lipinski definition) is 29. The smallest absolute Gasteiger partial charge is 0.331 e. The molecule has 1 aromatic heterocycles. The fourth-order valence-electron chi connectivity index (χ4n) is 9.91. The lowest BCUT2D eigenvalue weighted by Gasteiger charge is -2.48. The standard InChI is InChI=1S/C59H64O29/c1-24-41(68)46(73)48(75)56(78-24)88-55-52(86-57-49(76)47(74)43(70)37(83-57)23-77-26(3)61)44(71)36(22-60)82-59(55)80-33-20-34(65)40-35(21-33)81-50(29-10-16-32(64)17-11-29)53(45(40)72)87-58-54(85-39(67)19-9-28-6-14-31(63)15-7-28)51(42(69)25(2)79-58)84-38(66)18-8-27-4-12-30(62)13-5-27/h4-21,24-25,36-37,41-44,46-49,51-52,54-60,62-65,68-71,73-76H,22-23H2,1-3H3/b18-8+,19-9+/t24-,25-,36+,37+,41-,42-,43+,44+,46+,47-,48+,49+,51+,52-,54+,55+,56-,57-,58-,59+/m0/s1. The molecule has 0 radical (unpaired) electrons. The van der Waals surface area contributed by atoms with Crippen LogP contribution in [0.4, 0.5) is 0 Å². The summed E-state index contributed by atoms with van der Waals surface area (Å²) in [5.74, 6) is -5.94. The normalized spacial score (nSPS) is 32.6. The van der Waals surface area contributed by atoms with Crippen LogP contribution in [0.25, 0.3) is 34.4 Å². The van der Waals surface area contributed by atoms with E-state index in [9.17, 15) is 80.8 Å². The first-order valence-electron chi connectivity index (χ1n) is 27.3. The van der Waals surface area contributed by atoms with E-state index in [1.54, 1.807) is 0 Å². The number of phenols is 4. The fraction of sp³-hybridized carbons (Fsp3) is 0.424. The first-order valence-corrected chi connectivity index (χ1v) is 27.3. The van der Waals surface area contributed by atoms with Gasteiger partial charge in [0.1, 0.15) is 113 Å². The summed E-state index contributed by atoms with van der Waals surface area (Å²) in [4.78, 5) is 54.0. The van der Waals surface area contributed by atoms with Gasteiger partial charge in [0.15, 0.2) is 30.5 Å². The Morgan fingerprint density at radius 2 is 1.03 bits per heavy atom. The van der Waals surface area contributed by atoms with Crippen molar-refractivity contribution >= 4 is 41.0 Å². The number of ether oxygens (including phenoxy) is 11. The van der Waals surface area contributed by atoms with E-state index in [1.165, 1.54) is 98.8 Å². The van der Waals surface area contributed by atoms with Crippen molar-refractivity contribution in [3.63, 3.8) is 0 Å². The fourth-order valence-corrected chi connectivity index (χ4v) is 9.91. The van der Waals surface area contributed by atoms with Crippen molar-refractivity contribution in [3.05, 3.63) is 118 Å². The van der Waals surface area contributed by atoms with Gasteiger partial charge in [0.25, 0.3) is 0 Å². The van der Waals surface area contributed by atoms with Crippen LogP contribution in [0.3, 0.4) is 0 Å². The Morgan fingerprint density at radius 1 is 0.534 bits per heavy atom. The number of carbonyl (C=O) groups is 3. The molecule has 4 aromatic carbocycles. The minimum absolute atomic E-state index is 0.00509. The third-order valence-corrected chi connectivity index (χ3v) is 14.7. The van der Waals surface area contributed by atoms with Gasteiger partial charge in [-0.1, -0.05) is 24.3 Å². The van der Waals surface area contributed by atoms with Crippen molar-refractivity contribution in [1.29, 1.82) is 0 Å². The Bertz CT molecular complexity index is 3350. The van der Waals surface area contributed by atoms with E-state index in [4.69, 9.17) is 56.5 Å². The van der Waals surface area contributed by atoms with Crippen LogP contribution in [0.5, 0.6) is 34.5 Å². The summed E-state index contributed by atoms with van der Waals surface area (Å²) < 4.78 is 70.9. The van der Waals surface area contributed by atoms with E-state index in [2.05, 4.69) is 0 Å². The van der Waals surface area contributed by atoms with Crippen LogP contribution in [0, 0.1) is 0 Å². The number of aromatic hydroxyl groups is 4. The number of carbonyl (C=O) groups excluding carboxylic acids is 3. The van der Waals surface area contributed by atoms with Crippen LogP contribution in [0.2, 0.25) is 0 Å². The number of hydrogen-bond donors (Lipinski definition) is 13. The Morgan fingerprint density at radius 3 is 1.61 bits per heavy atom. The molecule has 4 aliphatic heterocycles. The van der Waals surface area contributed by atoms with Gasteiger partial charge in [-0.2, -0.15) is 0 Å².